The van der Waals surface area contributed by atoms with E-state index in [9.17, 15) is 0 Å². The fourth-order valence-corrected chi connectivity index (χ4v) is 1.07. The summed E-state index contributed by atoms with van der Waals surface area (Å²) in [6.07, 6.45) is 1.13. The van der Waals surface area contributed by atoms with E-state index in [1.54, 1.807) is 0 Å². The van der Waals surface area contributed by atoms with Gasteiger partial charge < -0.3 is 19.3 Å². The first-order valence-corrected chi connectivity index (χ1v) is 6.01. The van der Waals surface area contributed by atoms with Gasteiger partial charge in [0.15, 0.2) is 6.29 Å². The highest BCUT2D eigenvalue weighted by atomic mass is 16.7. The highest BCUT2D eigenvalue weighted by molar-refractivity contribution is 4.53. The number of ether oxygens (including phenoxy) is 3. The molecule has 0 aromatic heterocycles. The molecule has 1 unspecified atom stereocenters. The van der Waals surface area contributed by atoms with E-state index in [1.165, 1.54) is 0 Å². The molecule has 0 radical (unpaired) electrons. The van der Waals surface area contributed by atoms with Crippen molar-refractivity contribution in [2.45, 2.75) is 40.4 Å². The molecule has 1 saturated heterocycles. The van der Waals surface area contributed by atoms with E-state index < -0.39 is 0 Å². The summed E-state index contributed by atoms with van der Waals surface area (Å²) in [5.41, 5.74) is 0. The molecular formula is C12H26O4. The summed E-state index contributed by atoms with van der Waals surface area (Å²) in [5, 5.41) is 8.19. The Labute approximate surface area is 98.9 Å². The van der Waals surface area contributed by atoms with Gasteiger partial charge in [0, 0.05) is 5.92 Å². The smallest absolute Gasteiger partial charge is 0.154 e. The Balaban J connectivity index is 0.000000281. The van der Waals surface area contributed by atoms with Crippen LogP contribution < -0.4 is 0 Å². The molecule has 0 bridgehead atoms. The summed E-state index contributed by atoms with van der Waals surface area (Å²) in [6, 6.07) is 0. The van der Waals surface area contributed by atoms with Crippen molar-refractivity contribution < 1.29 is 19.3 Å². The second-order valence-corrected chi connectivity index (χ2v) is 4.35. The predicted octanol–water partition coefficient (Wildman–Crippen LogP) is 2.01. The summed E-state index contributed by atoms with van der Waals surface area (Å²) < 4.78 is 15.1. The maximum absolute atomic E-state index is 8.19. The Morgan fingerprint density at radius 3 is 2.25 bits per heavy atom. The molecule has 0 spiro atoms. The normalized spacial score (nSPS) is 26.8. The summed E-state index contributed by atoms with van der Waals surface area (Å²) in [5.74, 6) is 1.15. The Morgan fingerprint density at radius 1 is 1.31 bits per heavy atom. The molecule has 0 aliphatic carbocycles. The first kappa shape index (κ1) is 15.8. The van der Waals surface area contributed by atoms with Gasteiger partial charge in [-0.25, -0.2) is 0 Å². The van der Waals surface area contributed by atoms with E-state index in [0.29, 0.717) is 18.4 Å². The third kappa shape index (κ3) is 9.09. The van der Waals surface area contributed by atoms with Crippen LogP contribution in [0.4, 0.5) is 0 Å². The molecule has 1 heterocycles. The maximum atomic E-state index is 8.19. The molecule has 1 fully saturated rings. The zero-order valence-electron chi connectivity index (χ0n) is 10.9. The van der Waals surface area contributed by atoms with Crippen molar-refractivity contribution in [3.8, 4) is 0 Å². The van der Waals surface area contributed by atoms with Gasteiger partial charge in [-0.05, 0) is 12.8 Å². The standard InChI is InChI=1S/C6H12O2.C6H14O2/c1-5-3-7-6(2)8-4-5;1-3-6(2)4-8-5-7/h5-6H,3-4H2,1-2H3;6-7H,3-5H2,1-2H3. The minimum atomic E-state index is -0.148. The lowest BCUT2D eigenvalue weighted by Gasteiger charge is -2.24. The van der Waals surface area contributed by atoms with Crippen LogP contribution in [0.5, 0.6) is 0 Å². The fourth-order valence-electron chi connectivity index (χ4n) is 1.07. The highest BCUT2D eigenvalue weighted by Crippen LogP contribution is 2.08. The number of aliphatic hydroxyl groups excluding tert-OH is 1. The van der Waals surface area contributed by atoms with Crippen LogP contribution in [0.2, 0.25) is 0 Å². The summed E-state index contributed by atoms with van der Waals surface area (Å²) >= 11 is 0. The van der Waals surface area contributed by atoms with Gasteiger partial charge in [-0.1, -0.05) is 27.2 Å². The lowest BCUT2D eigenvalue weighted by molar-refractivity contribution is -0.187. The number of rotatable bonds is 4. The number of hydrogen-bond acceptors (Lipinski definition) is 4. The van der Waals surface area contributed by atoms with Crippen molar-refractivity contribution in [2.24, 2.45) is 11.8 Å². The van der Waals surface area contributed by atoms with E-state index in [2.05, 4.69) is 20.8 Å². The van der Waals surface area contributed by atoms with E-state index in [1.807, 2.05) is 6.92 Å². The Morgan fingerprint density at radius 2 is 1.88 bits per heavy atom. The second-order valence-electron chi connectivity index (χ2n) is 4.35. The van der Waals surface area contributed by atoms with Crippen LogP contribution in [0.1, 0.15) is 34.1 Å². The highest BCUT2D eigenvalue weighted by Gasteiger charge is 2.13. The number of aliphatic hydroxyl groups is 1. The van der Waals surface area contributed by atoms with Gasteiger partial charge in [0.2, 0.25) is 0 Å². The molecule has 1 atom stereocenters. The molecule has 1 aliphatic rings. The van der Waals surface area contributed by atoms with Crippen molar-refractivity contribution in [1.82, 2.24) is 0 Å². The van der Waals surface area contributed by atoms with Crippen LogP contribution in [-0.4, -0.2) is 38.0 Å². The molecule has 16 heavy (non-hydrogen) atoms. The first-order chi connectivity index (χ1) is 7.60. The molecule has 1 aliphatic heterocycles. The molecule has 0 aromatic carbocycles. The Bertz CT molecular complexity index is 130. The number of hydrogen-bond donors (Lipinski definition) is 1. The molecular weight excluding hydrogens is 208 g/mol. The van der Waals surface area contributed by atoms with Gasteiger partial charge in [-0.3, -0.25) is 0 Å². The summed E-state index contributed by atoms with van der Waals surface area (Å²) in [6.45, 7) is 10.5. The van der Waals surface area contributed by atoms with E-state index in [-0.39, 0.29) is 13.1 Å². The summed E-state index contributed by atoms with van der Waals surface area (Å²) in [4.78, 5) is 0. The molecule has 0 aromatic rings. The second kappa shape index (κ2) is 10.0. The van der Waals surface area contributed by atoms with Crippen molar-refractivity contribution >= 4 is 0 Å². The van der Waals surface area contributed by atoms with E-state index >= 15 is 0 Å². The molecule has 4 nitrogen and oxygen atoms in total. The molecule has 98 valence electrons. The Kier molecular flexibility index (Phi) is 9.92. The van der Waals surface area contributed by atoms with Gasteiger partial charge in [-0.15, -0.1) is 0 Å². The SMILES string of the molecule is CC1COC(C)OC1.CCC(C)COCO. The van der Waals surface area contributed by atoms with Crippen molar-refractivity contribution in [1.29, 1.82) is 0 Å². The van der Waals surface area contributed by atoms with Crippen molar-refractivity contribution in [2.75, 3.05) is 26.6 Å². The van der Waals surface area contributed by atoms with Crippen LogP contribution in [0.15, 0.2) is 0 Å². The Hall–Kier alpha value is -0.160. The van der Waals surface area contributed by atoms with Crippen LogP contribution in [0.25, 0.3) is 0 Å². The van der Waals surface area contributed by atoms with Gasteiger partial charge in [0.1, 0.15) is 6.79 Å². The maximum Gasteiger partial charge on any atom is 0.154 e. The van der Waals surface area contributed by atoms with Crippen LogP contribution in [0, 0.1) is 11.8 Å². The van der Waals surface area contributed by atoms with Crippen LogP contribution >= 0.6 is 0 Å². The predicted molar refractivity (Wildman–Crippen MR) is 63.0 cm³/mol. The molecule has 0 amide bonds. The van der Waals surface area contributed by atoms with Crippen LogP contribution in [0.3, 0.4) is 0 Å². The minimum Gasteiger partial charge on any atom is -0.371 e. The third-order valence-electron chi connectivity index (χ3n) is 2.42. The minimum absolute atomic E-state index is 0.0196. The monoisotopic (exact) mass is 234 g/mol. The van der Waals surface area contributed by atoms with Crippen LogP contribution in [-0.2, 0) is 14.2 Å². The first-order valence-electron chi connectivity index (χ1n) is 6.01. The zero-order valence-corrected chi connectivity index (χ0v) is 10.9. The lowest BCUT2D eigenvalue weighted by Crippen LogP contribution is -2.27. The quantitative estimate of drug-likeness (QED) is 0.756. The summed E-state index contributed by atoms with van der Waals surface area (Å²) in [7, 11) is 0. The van der Waals surface area contributed by atoms with E-state index in [0.717, 1.165) is 19.6 Å². The molecule has 0 saturated carbocycles. The third-order valence-corrected chi connectivity index (χ3v) is 2.42. The van der Waals surface area contributed by atoms with Gasteiger partial charge in [0.25, 0.3) is 0 Å². The molecule has 4 heteroatoms. The lowest BCUT2D eigenvalue weighted by atomic mass is 10.1. The zero-order chi connectivity index (χ0) is 12.4. The van der Waals surface area contributed by atoms with Gasteiger partial charge in [0.05, 0.1) is 19.8 Å². The molecule has 1 N–H and O–H groups in total. The van der Waals surface area contributed by atoms with E-state index in [4.69, 9.17) is 19.3 Å². The topological polar surface area (TPSA) is 47.9 Å². The average molecular weight is 234 g/mol. The van der Waals surface area contributed by atoms with Gasteiger partial charge in [-0.2, -0.15) is 0 Å². The largest absolute Gasteiger partial charge is 0.371 e. The molecule has 1 rings (SSSR count). The fraction of sp³-hybridized carbons (Fsp3) is 1.00. The van der Waals surface area contributed by atoms with Crippen molar-refractivity contribution in [3.05, 3.63) is 0 Å². The van der Waals surface area contributed by atoms with Crippen molar-refractivity contribution in [3.63, 3.8) is 0 Å². The average Bonchev–Trinajstić information content (AvgIpc) is 2.30. The van der Waals surface area contributed by atoms with Gasteiger partial charge >= 0.3 is 0 Å².